The van der Waals surface area contributed by atoms with Crippen LogP contribution in [0.25, 0.3) is 0 Å². The Morgan fingerprint density at radius 2 is 2.06 bits per heavy atom. The second-order valence-corrected chi connectivity index (χ2v) is 5.96. The number of hydrogen-bond donors (Lipinski definition) is 1. The van der Waals surface area contributed by atoms with Crippen LogP contribution >= 0.6 is 0 Å². The molecule has 1 saturated carbocycles. The Labute approximate surface area is 96.6 Å². The molecule has 1 aliphatic carbocycles. The zero-order valence-electron chi connectivity index (χ0n) is 10.6. The Morgan fingerprint density at radius 3 is 2.56 bits per heavy atom. The second-order valence-electron chi connectivity index (χ2n) is 5.96. The monoisotopic (exact) mass is 223 g/mol. The van der Waals surface area contributed by atoms with Gasteiger partial charge in [0.05, 0.1) is 12.1 Å². The minimum atomic E-state index is 0.0945. The van der Waals surface area contributed by atoms with Crippen LogP contribution in [0.2, 0.25) is 0 Å². The number of aromatic nitrogens is 4. The SMILES string of the molecule is CC(C)(C)NCc1nnnn1C1(C)CCC1. The highest BCUT2D eigenvalue weighted by Crippen LogP contribution is 2.38. The van der Waals surface area contributed by atoms with Gasteiger partial charge in [0.1, 0.15) is 0 Å². The molecule has 0 aromatic carbocycles. The lowest BCUT2D eigenvalue weighted by Crippen LogP contribution is -2.42. The summed E-state index contributed by atoms with van der Waals surface area (Å²) in [5.41, 5.74) is 0.246. The molecular formula is C11H21N5. The fourth-order valence-electron chi connectivity index (χ4n) is 1.98. The minimum absolute atomic E-state index is 0.0945. The lowest BCUT2D eigenvalue weighted by Gasteiger charge is -2.38. The highest BCUT2D eigenvalue weighted by atomic mass is 15.6. The highest BCUT2D eigenvalue weighted by Gasteiger charge is 2.36. The fraction of sp³-hybridized carbons (Fsp3) is 0.909. The van der Waals surface area contributed by atoms with Crippen LogP contribution in [0, 0.1) is 0 Å². The van der Waals surface area contributed by atoms with Gasteiger partial charge in [0.25, 0.3) is 0 Å². The number of hydrogen-bond acceptors (Lipinski definition) is 4. The number of rotatable bonds is 3. The second kappa shape index (κ2) is 3.80. The zero-order chi connectivity index (χ0) is 11.8. The van der Waals surface area contributed by atoms with Crippen molar-refractivity contribution in [2.45, 2.75) is 64.6 Å². The first-order valence-electron chi connectivity index (χ1n) is 5.94. The molecule has 0 aliphatic heterocycles. The molecule has 0 amide bonds. The summed E-state index contributed by atoms with van der Waals surface area (Å²) in [6.45, 7) is 9.39. The van der Waals surface area contributed by atoms with Crippen molar-refractivity contribution >= 4 is 0 Å². The van der Waals surface area contributed by atoms with Crippen molar-refractivity contribution in [2.24, 2.45) is 0 Å². The van der Waals surface area contributed by atoms with Gasteiger partial charge in [0, 0.05) is 5.54 Å². The van der Waals surface area contributed by atoms with Gasteiger partial charge in [0.2, 0.25) is 0 Å². The van der Waals surface area contributed by atoms with Crippen molar-refractivity contribution in [1.82, 2.24) is 25.5 Å². The van der Waals surface area contributed by atoms with Gasteiger partial charge in [-0.2, -0.15) is 0 Å². The van der Waals surface area contributed by atoms with Crippen LogP contribution in [0.3, 0.4) is 0 Å². The molecule has 0 bridgehead atoms. The van der Waals surface area contributed by atoms with Gasteiger partial charge in [-0.15, -0.1) is 5.10 Å². The molecule has 90 valence electrons. The lowest BCUT2D eigenvalue weighted by atomic mass is 9.78. The topological polar surface area (TPSA) is 55.6 Å². The smallest absolute Gasteiger partial charge is 0.165 e. The Balaban J connectivity index is 2.08. The van der Waals surface area contributed by atoms with Crippen molar-refractivity contribution in [1.29, 1.82) is 0 Å². The van der Waals surface area contributed by atoms with Crippen molar-refractivity contribution in [3.63, 3.8) is 0 Å². The first kappa shape index (κ1) is 11.5. The van der Waals surface area contributed by atoms with E-state index in [2.05, 4.69) is 48.5 Å². The third-order valence-electron chi connectivity index (χ3n) is 3.25. The number of nitrogens with zero attached hydrogens (tertiary/aromatic N) is 4. The van der Waals surface area contributed by atoms with Gasteiger partial charge in [-0.1, -0.05) is 0 Å². The maximum atomic E-state index is 4.13. The molecule has 0 saturated heterocycles. The van der Waals surface area contributed by atoms with Gasteiger partial charge in [0.15, 0.2) is 5.82 Å². The van der Waals surface area contributed by atoms with E-state index in [1.54, 1.807) is 0 Å². The normalized spacial score (nSPS) is 19.5. The van der Waals surface area contributed by atoms with Crippen LogP contribution in [-0.2, 0) is 12.1 Å². The van der Waals surface area contributed by atoms with Crippen LogP contribution in [0.5, 0.6) is 0 Å². The summed E-state index contributed by atoms with van der Waals surface area (Å²) in [6, 6.07) is 0. The number of nitrogens with one attached hydrogen (secondary N) is 1. The molecule has 5 heteroatoms. The van der Waals surface area contributed by atoms with E-state index in [0.717, 1.165) is 12.4 Å². The maximum absolute atomic E-state index is 4.13. The van der Waals surface area contributed by atoms with Crippen molar-refractivity contribution in [3.8, 4) is 0 Å². The predicted molar refractivity (Wildman–Crippen MR) is 61.9 cm³/mol. The van der Waals surface area contributed by atoms with Gasteiger partial charge in [-0.3, -0.25) is 0 Å². The summed E-state index contributed by atoms with van der Waals surface area (Å²) in [6.07, 6.45) is 3.64. The molecule has 1 aromatic heterocycles. The van der Waals surface area contributed by atoms with Crippen molar-refractivity contribution in [2.75, 3.05) is 0 Å². The molecule has 0 unspecified atom stereocenters. The first-order valence-corrected chi connectivity index (χ1v) is 5.94. The van der Waals surface area contributed by atoms with E-state index in [1.807, 2.05) is 4.68 Å². The first-order chi connectivity index (χ1) is 7.41. The molecular weight excluding hydrogens is 202 g/mol. The molecule has 0 spiro atoms. The summed E-state index contributed by atoms with van der Waals surface area (Å²) in [7, 11) is 0. The lowest BCUT2D eigenvalue weighted by molar-refractivity contribution is 0.140. The Hall–Kier alpha value is -0.970. The van der Waals surface area contributed by atoms with Crippen LogP contribution in [0.1, 0.15) is 52.8 Å². The molecule has 1 aliphatic rings. The third-order valence-corrected chi connectivity index (χ3v) is 3.25. The van der Waals surface area contributed by atoms with E-state index >= 15 is 0 Å². The maximum Gasteiger partial charge on any atom is 0.165 e. The van der Waals surface area contributed by atoms with Crippen molar-refractivity contribution in [3.05, 3.63) is 5.82 Å². The molecule has 1 heterocycles. The average molecular weight is 223 g/mol. The molecule has 16 heavy (non-hydrogen) atoms. The van der Waals surface area contributed by atoms with E-state index in [1.165, 1.54) is 19.3 Å². The van der Waals surface area contributed by atoms with E-state index in [9.17, 15) is 0 Å². The molecule has 5 nitrogen and oxygen atoms in total. The standard InChI is InChI=1S/C11H21N5/c1-10(2,3)12-8-9-13-14-15-16(9)11(4)6-5-7-11/h12H,5-8H2,1-4H3. The van der Waals surface area contributed by atoms with Gasteiger partial charge < -0.3 is 5.32 Å². The molecule has 0 radical (unpaired) electrons. The van der Waals surface area contributed by atoms with E-state index in [0.29, 0.717) is 0 Å². The van der Waals surface area contributed by atoms with E-state index in [4.69, 9.17) is 0 Å². The summed E-state index contributed by atoms with van der Waals surface area (Å²) in [4.78, 5) is 0. The van der Waals surface area contributed by atoms with E-state index < -0.39 is 0 Å². The third kappa shape index (κ3) is 2.24. The van der Waals surface area contributed by atoms with Gasteiger partial charge >= 0.3 is 0 Å². The molecule has 2 rings (SSSR count). The Morgan fingerprint density at radius 1 is 1.38 bits per heavy atom. The number of tetrazole rings is 1. The Bertz CT molecular complexity index is 359. The molecule has 1 fully saturated rings. The van der Waals surface area contributed by atoms with Crippen LogP contribution < -0.4 is 5.32 Å². The van der Waals surface area contributed by atoms with Crippen molar-refractivity contribution < 1.29 is 0 Å². The minimum Gasteiger partial charge on any atom is -0.305 e. The zero-order valence-corrected chi connectivity index (χ0v) is 10.6. The average Bonchev–Trinajstić information content (AvgIpc) is 2.58. The molecule has 1 N–H and O–H groups in total. The largest absolute Gasteiger partial charge is 0.305 e. The predicted octanol–water partition coefficient (Wildman–Crippen LogP) is 1.46. The summed E-state index contributed by atoms with van der Waals surface area (Å²) >= 11 is 0. The van der Waals surface area contributed by atoms with Crippen LogP contribution in [0.4, 0.5) is 0 Å². The Kier molecular flexibility index (Phi) is 2.74. The quantitative estimate of drug-likeness (QED) is 0.843. The summed E-state index contributed by atoms with van der Waals surface area (Å²) in [5, 5.41) is 15.4. The summed E-state index contributed by atoms with van der Waals surface area (Å²) < 4.78 is 2.00. The van der Waals surface area contributed by atoms with E-state index in [-0.39, 0.29) is 11.1 Å². The van der Waals surface area contributed by atoms with Crippen LogP contribution in [-0.4, -0.2) is 25.7 Å². The molecule has 1 aromatic rings. The van der Waals surface area contributed by atoms with Gasteiger partial charge in [-0.25, -0.2) is 4.68 Å². The van der Waals surface area contributed by atoms with Crippen LogP contribution in [0.15, 0.2) is 0 Å². The fourth-order valence-corrected chi connectivity index (χ4v) is 1.98. The molecule has 0 atom stereocenters. The summed E-state index contributed by atoms with van der Waals surface area (Å²) in [5.74, 6) is 0.942. The highest BCUT2D eigenvalue weighted by molar-refractivity contribution is 4.96. The van der Waals surface area contributed by atoms with Gasteiger partial charge in [-0.05, 0) is 57.4 Å².